The second-order valence-electron chi connectivity index (χ2n) is 6.75. The summed E-state index contributed by atoms with van der Waals surface area (Å²) in [4.78, 5) is 16.7. The van der Waals surface area contributed by atoms with Gasteiger partial charge >= 0.3 is 0 Å². The number of nitrogens with zero attached hydrogens (tertiary/aromatic N) is 2. The van der Waals surface area contributed by atoms with Crippen LogP contribution in [0, 0.1) is 30.3 Å². The summed E-state index contributed by atoms with van der Waals surface area (Å²) in [6.07, 6.45) is 1.27. The third kappa shape index (κ3) is 4.59. The third-order valence-corrected chi connectivity index (χ3v) is 4.69. The summed E-state index contributed by atoms with van der Waals surface area (Å²) in [5.41, 5.74) is 0.969. The summed E-state index contributed by atoms with van der Waals surface area (Å²) < 4.78 is 56.1. The summed E-state index contributed by atoms with van der Waals surface area (Å²) in [6.45, 7) is 1.27. The maximum Gasteiger partial charge on any atom is 0.251 e. The van der Waals surface area contributed by atoms with E-state index in [0.29, 0.717) is 16.7 Å². The van der Waals surface area contributed by atoms with Gasteiger partial charge < -0.3 is 10.2 Å². The lowest BCUT2D eigenvalue weighted by molar-refractivity contribution is 0.0963. The highest BCUT2D eigenvalue weighted by Gasteiger charge is 2.21. The van der Waals surface area contributed by atoms with Gasteiger partial charge in [-0.15, -0.1) is 0 Å². The Morgan fingerprint density at radius 1 is 0.967 bits per heavy atom. The Morgan fingerprint density at radius 2 is 1.60 bits per heavy atom. The van der Waals surface area contributed by atoms with Gasteiger partial charge in [0.15, 0.2) is 11.6 Å². The Labute approximate surface area is 171 Å². The molecule has 1 heterocycles. The van der Waals surface area contributed by atoms with Gasteiger partial charge in [0, 0.05) is 43.5 Å². The zero-order chi connectivity index (χ0) is 21.8. The molecule has 3 aromatic rings. The van der Waals surface area contributed by atoms with Crippen LogP contribution >= 0.6 is 0 Å². The fourth-order valence-electron chi connectivity index (χ4n) is 2.98. The van der Waals surface area contributed by atoms with Gasteiger partial charge in [-0.1, -0.05) is 18.2 Å². The van der Waals surface area contributed by atoms with Gasteiger partial charge in [-0.3, -0.25) is 4.79 Å². The van der Waals surface area contributed by atoms with E-state index >= 15 is 0 Å². The Morgan fingerprint density at radius 3 is 2.20 bits per heavy atom. The highest BCUT2D eigenvalue weighted by atomic mass is 19.2. The van der Waals surface area contributed by atoms with Crippen molar-refractivity contribution < 1.29 is 22.4 Å². The third-order valence-electron chi connectivity index (χ3n) is 4.69. The normalized spacial score (nSPS) is 10.7. The topological polar surface area (TPSA) is 45.2 Å². The fourth-order valence-corrected chi connectivity index (χ4v) is 2.98. The van der Waals surface area contributed by atoms with Crippen LogP contribution in [0.1, 0.15) is 27.0 Å². The SMILES string of the molecule is CNC(=O)c1ccc(CN(Cc2ccc(F)nc2)c2cc(F)c(C)c(F)c2F)cc1. The quantitative estimate of drug-likeness (QED) is 0.365. The van der Waals surface area contributed by atoms with Crippen molar-refractivity contribution >= 4 is 11.6 Å². The molecule has 30 heavy (non-hydrogen) atoms. The molecule has 0 spiro atoms. The largest absolute Gasteiger partial charge is 0.360 e. The van der Waals surface area contributed by atoms with Crippen LogP contribution in [0.15, 0.2) is 48.7 Å². The Hall–Kier alpha value is -3.42. The maximum atomic E-state index is 14.7. The van der Waals surface area contributed by atoms with Crippen LogP contribution < -0.4 is 10.2 Å². The lowest BCUT2D eigenvalue weighted by Crippen LogP contribution is -2.24. The van der Waals surface area contributed by atoms with Crippen LogP contribution in [0.5, 0.6) is 0 Å². The van der Waals surface area contributed by atoms with Gasteiger partial charge in [0.1, 0.15) is 5.82 Å². The molecule has 1 N–H and O–H groups in total. The van der Waals surface area contributed by atoms with Crippen molar-refractivity contribution in [2.45, 2.75) is 20.0 Å². The lowest BCUT2D eigenvalue weighted by atomic mass is 10.1. The van der Waals surface area contributed by atoms with Crippen molar-refractivity contribution in [2.75, 3.05) is 11.9 Å². The number of carbonyl (C=O) groups is 1. The molecule has 0 aliphatic carbocycles. The van der Waals surface area contributed by atoms with E-state index in [-0.39, 0.29) is 24.7 Å². The first-order chi connectivity index (χ1) is 14.3. The Kier molecular flexibility index (Phi) is 6.34. The number of nitrogens with one attached hydrogen (secondary N) is 1. The zero-order valence-electron chi connectivity index (χ0n) is 16.3. The molecule has 0 aliphatic rings. The average Bonchev–Trinajstić information content (AvgIpc) is 2.76. The first-order valence-electron chi connectivity index (χ1n) is 9.10. The van der Waals surface area contributed by atoms with Crippen LogP contribution in [0.2, 0.25) is 0 Å². The van der Waals surface area contributed by atoms with Crippen molar-refractivity contribution in [3.63, 3.8) is 0 Å². The van der Waals surface area contributed by atoms with Crippen LogP contribution in [0.3, 0.4) is 0 Å². The molecular weight excluding hydrogens is 398 g/mol. The van der Waals surface area contributed by atoms with E-state index in [1.807, 2.05) is 0 Å². The second kappa shape index (κ2) is 8.94. The van der Waals surface area contributed by atoms with E-state index in [4.69, 9.17) is 0 Å². The number of carbonyl (C=O) groups excluding carboxylic acids is 1. The molecule has 0 saturated carbocycles. The first-order valence-corrected chi connectivity index (χ1v) is 9.10. The molecule has 3 rings (SSSR count). The van der Waals surface area contributed by atoms with Gasteiger partial charge in [-0.2, -0.15) is 4.39 Å². The highest BCUT2D eigenvalue weighted by molar-refractivity contribution is 5.93. The molecule has 156 valence electrons. The number of anilines is 1. The van der Waals surface area contributed by atoms with Gasteiger partial charge in [-0.25, -0.2) is 18.2 Å². The number of aromatic nitrogens is 1. The predicted octanol–water partition coefficient (Wildman–Crippen LogP) is 4.51. The minimum absolute atomic E-state index is 0.0311. The van der Waals surface area contributed by atoms with E-state index in [1.165, 1.54) is 24.2 Å². The van der Waals surface area contributed by atoms with Crippen LogP contribution in [0.4, 0.5) is 23.2 Å². The van der Waals surface area contributed by atoms with Crippen molar-refractivity contribution in [2.24, 2.45) is 0 Å². The van der Waals surface area contributed by atoms with E-state index in [0.717, 1.165) is 19.1 Å². The summed E-state index contributed by atoms with van der Waals surface area (Å²) in [5, 5.41) is 2.51. The van der Waals surface area contributed by atoms with Gasteiger partial charge in [0.05, 0.1) is 5.69 Å². The molecule has 0 bridgehead atoms. The highest BCUT2D eigenvalue weighted by Crippen LogP contribution is 2.29. The Bertz CT molecular complexity index is 1050. The molecule has 0 unspecified atom stereocenters. The molecule has 1 aromatic heterocycles. The zero-order valence-corrected chi connectivity index (χ0v) is 16.3. The number of hydrogen-bond donors (Lipinski definition) is 1. The molecule has 2 aromatic carbocycles. The van der Waals surface area contributed by atoms with Crippen LogP contribution in [-0.2, 0) is 13.1 Å². The predicted molar refractivity (Wildman–Crippen MR) is 105 cm³/mol. The number of halogens is 4. The van der Waals surface area contributed by atoms with Crippen molar-refractivity contribution in [3.8, 4) is 0 Å². The smallest absolute Gasteiger partial charge is 0.251 e. The number of amides is 1. The average molecular weight is 417 g/mol. The monoisotopic (exact) mass is 417 g/mol. The van der Waals surface area contributed by atoms with E-state index in [9.17, 15) is 22.4 Å². The van der Waals surface area contributed by atoms with E-state index in [1.54, 1.807) is 24.3 Å². The van der Waals surface area contributed by atoms with Crippen LogP contribution in [-0.4, -0.2) is 17.9 Å². The van der Waals surface area contributed by atoms with E-state index < -0.39 is 29.0 Å². The number of pyridine rings is 1. The molecule has 8 heteroatoms. The summed E-state index contributed by atoms with van der Waals surface area (Å²) in [5.74, 6) is -4.24. The minimum Gasteiger partial charge on any atom is -0.360 e. The minimum atomic E-state index is -1.26. The standard InChI is InChI=1S/C22H19F4N3O/c1-13-17(23)9-18(21(26)20(13)25)29(12-15-5-8-19(24)28-10-15)11-14-3-6-16(7-4-14)22(30)27-2/h3-10H,11-12H2,1-2H3,(H,27,30). The Balaban J connectivity index is 1.97. The fraction of sp³-hybridized carbons (Fsp3) is 0.182. The van der Waals surface area contributed by atoms with Gasteiger partial charge in [0.2, 0.25) is 5.95 Å². The van der Waals surface area contributed by atoms with Crippen molar-refractivity contribution in [3.05, 3.63) is 94.3 Å². The lowest BCUT2D eigenvalue weighted by Gasteiger charge is -2.26. The molecular formula is C22H19F4N3O. The van der Waals surface area contributed by atoms with E-state index in [2.05, 4.69) is 10.3 Å². The molecule has 1 amide bonds. The molecule has 0 atom stereocenters. The maximum absolute atomic E-state index is 14.7. The summed E-state index contributed by atoms with van der Waals surface area (Å²) in [7, 11) is 1.51. The first kappa shape index (κ1) is 21.3. The number of benzene rings is 2. The molecule has 4 nitrogen and oxygen atoms in total. The van der Waals surface area contributed by atoms with Crippen molar-refractivity contribution in [1.82, 2.24) is 10.3 Å². The molecule has 0 fully saturated rings. The van der Waals surface area contributed by atoms with Gasteiger partial charge in [0.25, 0.3) is 5.91 Å². The molecule has 0 saturated heterocycles. The summed E-state index contributed by atoms with van der Waals surface area (Å²) >= 11 is 0. The van der Waals surface area contributed by atoms with Crippen molar-refractivity contribution in [1.29, 1.82) is 0 Å². The van der Waals surface area contributed by atoms with Gasteiger partial charge in [-0.05, 0) is 36.2 Å². The summed E-state index contributed by atoms with van der Waals surface area (Å²) in [6, 6.07) is 10.1. The number of hydrogen-bond acceptors (Lipinski definition) is 3. The molecule has 0 aliphatic heterocycles. The van der Waals surface area contributed by atoms with Crippen LogP contribution in [0.25, 0.3) is 0 Å². The molecule has 0 radical (unpaired) electrons. The second-order valence-corrected chi connectivity index (χ2v) is 6.75. The number of rotatable bonds is 6.